The molecule has 0 amide bonds. The molecule has 0 saturated carbocycles. The predicted molar refractivity (Wildman–Crippen MR) is 114 cm³/mol. The third kappa shape index (κ3) is 3.48. The number of rotatable bonds is 6. The van der Waals surface area contributed by atoms with E-state index in [1.165, 1.54) is 0 Å². The van der Waals surface area contributed by atoms with Gasteiger partial charge < -0.3 is 20.1 Å². The van der Waals surface area contributed by atoms with Gasteiger partial charge in [0.25, 0.3) is 0 Å². The zero-order valence-corrected chi connectivity index (χ0v) is 17.1. The van der Waals surface area contributed by atoms with Crippen LogP contribution in [0.15, 0.2) is 35.0 Å². The van der Waals surface area contributed by atoms with Crippen molar-refractivity contribution in [1.82, 2.24) is 14.5 Å². The lowest BCUT2D eigenvalue weighted by Crippen LogP contribution is -2.27. The number of ether oxygens (including phenoxy) is 1. The van der Waals surface area contributed by atoms with E-state index >= 15 is 0 Å². The number of aromatic nitrogens is 3. The quantitative estimate of drug-likeness (QED) is 0.510. The van der Waals surface area contributed by atoms with Crippen LogP contribution >= 0.6 is 11.3 Å². The number of nitrogens with zero attached hydrogens (tertiary/aromatic N) is 3. The van der Waals surface area contributed by atoms with Crippen LogP contribution in [0.4, 0.5) is 5.82 Å². The van der Waals surface area contributed by atoms with Crippen molar-refractivity contribution >= 4 is 39.1 Å². The van der Waals surface area contributed by atoms with E-state index in [1.807, 2.05) is 11.5 Å². The van der Waals surface area contributed by atoms with E-state index < -0.39 is 5.60 Å². The molecule has 4 rings (SSSR count). The smallest absolute Gasteiger partial charge is 0.152 e. The zero-order chi connectivity index (χ0) is 19.9. The number of hydrogen-bond donors (Lipinski definition) is 2. The number of nitrogen functional groups attached to an aromatic ring is 1. The van der Waals surface area contributed by atoms with E-state index in [-0.39, 0.29) is 0 Å². The Kier molecular flexibility index (Phi) is 4.82. The van der Waals surface area contributed by atoms with Crippen molar-refractivity contribution in [1.29, 1.82) is 0 Å². The van der Waals surface area contributed by atoms with Crippen LogP contribution in [0.5, 0.6) is 0 Å². The van der Waals surface area contributed by atoms with Crippen molar-refractivity contribution in [3.8, 4) is 11.1 Å². The fourth-order valence-electron chi connectivity index (χ4n) is 3.43. The summed E-state index contributed by atoms with van der Waals surface area (Å²) in [5.74, 6) is 1.12. The van der Waals surface area contributed by atoms with Gasteiger partial charge in [-0.1, -0.05) is 12.1 Å². The molecule has 4 aromatic rings. The number of benzene rings is 1. The molecule has 0 bridgehead atoms. The Bertz CT molecular complexity index is 1130. The van der Waals surface area contributed by atoms with Crippen molar-refractivity contribution in [2.75, 3.05) is 12.3 Å². The minimum atomic E-state index is -0.907. The Balaban J connectivity index is 1.97. The van der Waals surface area contributed by atoms with Crippen LogP contribution in [0.3, 0.4) is 0 Å². The summed E-state index contributed by atoms with van der Waals surface area (Å²) in [4.78, 5) is 9.30. The van der Waals surface area contributed by atoms with E-state index in [9.17, 15) is 5.11 Å². The van der Waals surface area contributed by atoms with E-state index in [4.69, 9.17) is 15.5 Å². The number of imidazole rings is 1. The van der Waals surface area contributed by atoms with Crippen LogP contribution in [-0.4, -0.2) is 31.8 Å². The van der Waals surface area contributed by atoms with Gasteiger partial charge in [-0.05, 0) is 54.8 Å². The fourth-order valence-corrected chi connectivity index (χ4v) is 4.09. The second kappa shape index (κ2) is 7.16. The standard InChI is InChI=1S/C21H24N4O2S/c1-4-27-10-17-24-18-19(25(17)12-21(2,3)26)15-6-5-13(14-7-8-28-11-14)9-16(15)23-20(18)22/h5-9,11,26H,4,10,12H2,1-3H3,(H2,22,23). The maximum Gasteiger partial charge on any atom is 0.152 e. The number of pyridine rings is 1. The van der Waals surface area contributed by atoms with Crippen molar-refractivity contribution in [3.05, 3.63) is 40.8 Å². The summed E-state index contributed by atoms with van der Waals surface area (Å²) in [6.07, 6.45) is 0. The molecule has 28 heavy (non-hydrogen) atoms. The van der Waals surface area contributed by atoms with Crippen LogP contribution in [0.2, 0.25) is 0 Å². The first kappa shape index (κ1) is 18.9. The number of thiophene rings is 1. The lowest BCUT2D eigenvalue weighted by atomic mass is 10.1. The van der Waals surface area contributed by atoms with Gasteiger partial charge in [-0.15, -0.1) is 0 Å². The normalized spacial score (nSPS) is 12.3. The molecule has 1 aromatic carbocycles. The molecule has 0 radical (unpaired) electrons. The predicted octanol–water partition coefficient (Wildman–Crippen LogP) is 4.20. The summed E-state index contributed by atoms with van der Waals surface area (Å²) in [6, 6.07) is 8.29. The average Bonchev–Trinajstić information content (AvgIpc) is 3.27. The van der Waals surface area contributed by atoms with Crippen LogP contribution in [0.1, 0.15) is 26.6 Å². The second-order valence-electron chi connectivity index (χ2n) is 7.50. The minimum absolute atomic E-state index is 0.356. The molecule has 3 heterocycles. The van der Waals surface area contributed by atoms with Gasteiger partial charge in [-0.3, -0.25) is 0 Å². The maximum atomic E-state index is 10.5. The van der Waals surface area contributed by atoms with E-state index in [1.54, 1.807) is 25.2 Å². The first-order chi connectivity index (χ1) is 13.4. The molecule has 0 aliphatic rings. The van der Waals surface area contributed by atoms with Crippen molar-refractivity contribution in [2.45, 2.75) is 39.5 Å². The largest absolute Gasteiger partial charge is 0.389 e. The van der Waals surface area contributed by atoms with Crippen molar-refractivity contribution < 1.29 is 9.84 Å². The summed E-state index contributed by atoms with van der Waals surface area (Å²) < 4.78 is 7.61. The number of fused-ring (bicyclic) bond motifs is 3. The Morgan fingerprint density at radius 2 is 2.04 bits per heavy atom. The van der Waals surface area contributed by atoms with Crippen LogP contribution in [0, 0.1) is 0 Å². The molecule has 0 fully saturated rings. The zero-order valence-electron chi connectivity index (χ0n) is 16.3. The number of hydrogen-bond acceptors (Lipinski definition) is 6. The molecule has 0 aliphatic heterocycles. The highest BCUT2D eigenvalue weighted by molar-refractivity contribution is 7.08. The lowest BCUT2D eigenvalue weighted by molar-refractivity contribution is 0.0582. The molecule has 3 aromatic heterocycles. The van der Waals surface area contributed by atoms with Gasteiger partial charge in [0.2, 0.25) is 0 Å². The minimum Gasteiger partial charge on any atom is -0.389 e. The van der Waals surface area contributed by atoms with Crippen molar-refractivity contribution in [3.63, 3.8) is 0 Å². The summed E-state index contributed by atoms with van der Waals surface area (Å²) in [5, 5.41) is 15.6. The first-order valence-corrected chi connectivity index (χ1v) is 10.2. The van der Waals surface area contributed by atoms with Gasteiger partial charge >= 0.3 is 0 Å². The monoisotopic (exact) mass is 396 g/mol. The fraction of sp³-hybridized carbons (Fsp3) is 0.333. The first-order valence-electron chi connectivity index (χ1n) is 9.28. The SMILES string of the molecule is CCOCc1nc2c(N)nc3cc(-c4ccsc4)ccc3c2n1CC(C)(C)O. The molecular formula is C21H24N4O2S. The summed E-state index contributed by atoms with van der Waals surface area (Å²) in [5.41, 5.74) is 9.98. The average molecular weight is 397 g/mol. The van der Waals surface area contributed by atoms with E-state index in [0.717, 1.165) is 33.4 Å². The highest BCUT2D eigenvalue weighted by Crippen LogP contribution is 2.33. The summed E-state index contributed by atoms with van der Waals surface area (Å²) in [6.45, 7) is 6.84. The van der Waals surface area contributed by atoms with Gasteiger partial charge in [0.15, 0.2) is 5.82 Å². The van der Waals surface area contributed by atoms with Gasteiger partial charge in [0.05, 0.1) is 23.2 Å². The molecule has 0 saturated heterocycles. The Labute approximate surface area is 167 Å². The molecule has 0 spiro atoms. The van der Waals surface area contributed by atoms with Crippen LogP contribution in [0.25, 0.3) is 33.1 Å². The Morgan fingerprint density at radius 3 is 2.71 bits per heavy atom. The van der Waals surface area contributed by atoms with Gasteiger partial charge in [0.1, 0.15) is 17.9 Å². The van der Waals surface area contributed by atoms with Crippen LogP contribution in [-0.2, 0) is 17.9 Å². The third-order valence-corrected chi connectivity index (χ3v) is 5.30. The van der Waals surface area contributed by atoms with E-state index in [2.05, 4.69) is 40.0 Å². The lowest BCUT2D eigenvalue weighted by Gasteiger charge is -2.20. The number of anilines is 1. The molecule has 6 nitrogen and oxygen atoms in total. The molecule has 0 unspecified atom stereocenters. The second-order valence-corrected chi connectivity index (χ2v) is 8.28. The topological polar surface area (TPSA) is 86.2 Å². The van der Waals surface area contributed by atoms with Crippen LogP contribution < -0.4 is 5.73 Å². The third-order valence-electron chi connectivity index (χ3n) is 4.62. The van der Waals surface area contributed by atoms with Crippen molar-refractivity contribution in [2.24, 2.45) is 0 Å². The van der Waals surface area contributed by atoms with Gasteiger partial charge in [-0.2, -0.15) is 11.3 Å². The maximum absolute atomic E-state index is 10.5. The Morgan fingerprint density at radius 1 is 1.21 bits per heavy atom. The molecular weight excluding hydrogens is 372 g/mol. The molecule has 7 heteroatoms. The molecule has 0 atom stereocenters. The van der Waals surface area contributed by atoms with E-state index in [0.29, 0.717) is 31.1 Å². The summed E-state index contributed by atoms with van der Waals surface area (Å²) >= 11 is 1.66. The number of aliphatic hydroxyl groups is 1. The molecule has 3 N–H and O–H groups in total. The van der Waals surface area contributed by atoms with Gasteiger partial charge in [-0.25, -0.2) is 9.97 Å². The van der Waals surface area contributed by atoms with Gasteiger partial charge in [0, 0.05) is 12.0 Å². The number of nitrogens with two attached hydrogens (primary N) is 1. The highest BCUT2D eigenvalue weighted by atomic mass is 32.1. The highest BCUT2D eigenvalue weighted by Gasteiger charge is 2.22. The summed E-state index contributed by atoms with van der Waals surface area (Å²) in [7, 11) is 0. The molecule has 146 valence electrons. The molecule has 0 aliphatic carbocycles. The Hall–Kier alpha value is -2.48.